The zero-order valence-electron chi connectivity index (χ0n) is 16.8. The number of nitrogens with zero attached hydrogens (tertiary/aromatic N) is 4. The Kier molecular flexibility index (Phi) is 6.04. The molecule has 1 heterocycles. The zero-order valence-corrected chi connectivity index (χ0v) is 16.8. The minimum atomic E-state index is -4.63. The fourth-order valence-electron chi connectivity index (χ4n) is 3.28. The van der Waals surface area contributed by atoms with Crippen molar-refractivity contribution in [2.75, 3.05) is 25.5 Å². The predicted octanol–water partition coefficient (Wildman–Crippen LogP) is 4.04. The number of urea groups is 1. The number of rotatable bonds is 7. The van der Waals surface area contributed by atoms with Gasteiger partial charge in [-0.3, -0.25) is 0 Å². The summed E-state index contributed by atoms with van der Waals surface area (Å²) in [5.41, 5.74) is -0.426. The molecule has 2 amide bonds. The third-order valence-electron chi connectivity index (χ3n) is 4.75. The van der Waals surface area contributed by atoms with Crippen LogP contribution in [-0.4, -0.2) is 47.4 Å². The van der Waals surface area contributed by atoms with Gasteiger partial charge in [0.25, 0.3) is 0 Å². The Bertz CT molecular complexity index is 844. The van der Waals surface area contributed by atoms with E-state index in [0.717, 1.165) is 19.3 Å². The van der Waals surface area contributed by atoms with E-state index in [-0.39, 0.29) is 24.2 Å². The van der Waals surface area contributed by atoms with Crippen LogP contribution < -0.4 is 10.2 Å². The van der Waals surface area contributed by atoms with Crippen molar-refractivity contribution >= 4 is 11.8 Å². The molecule has 1 aromatic heterocycles. The number of halogens is 3. The molecule has 0 unspecified atom stereocenters. The van der Waals surface area contributed by atoms with Crippen LogP contribution >= 0.6 is 0 Å². The molecule has 1 aromatic carbocycles. The molecular weight excluding hydrogens is 383 g/mol. The highest BCUT2D eigenvalue weighted by molar-refractivity contribution is 5.75. The lowest BCUT2D eigenvalue weighted by Gasteiger charge is -2.25. The number of carbonyl (C=O) groups excluding carboxylic acids is 1. The number of nitrogens with one attached hydrogen (secondary N) is 1. The van der Waals surface area contributed by atoms with Crippen molar-refractivity contribution in [3.63, 3.8) is 0 Å². The highest BCUT2D eigenvalue weighted by Crippen LogP contribution is 2.39. The summed E-state index contributed by atoms with van der Waals surface area (Å²) in [6.07, 6.45) is -2.28. The van der Waals surface area contributed by atoms with Crippen molar-refractivity contribution in [2.45, 2.75) is 44.9 Å². The van der Waals surface area contributed by atoms with Gasteiger partial charge in [0.2, 0.25) is 0 Å². The van der Waals surface area contributed by atoms with Gasteiger partial charge < -0.3 is 15.1 Å². The standard InChI is InChI=1S/C20H26F3N5O/c1-4-12-24-19(29)27(14-10-11-14)13-16-17(20(21,22)23)25-28(18(16)26(2)3)15-8-6-5-7-9-15/h5-9,14H,4,10-13H2,1-3H3,(H,24,29). The Morgan fingerprint density at radius 2 is 1.90 bits per heavy atom. The number of alkyl halides is 3. The van der Waals surface area contributed by atoms with Gasteiger partial charge in [-0.2, -0.15) is 18.3 Å². The van der Waals surface area contributed by atoms with Crippen LogP contribution in [0.15, 0.2) is 30.3 Å². The topological polar surface area (TPSA) is 53.4 Å². The lowest BCUT2D eigenvalue weighted by atomic mass is 10.2. The van der Waals surface area contributed by atoms with Gasteiger partial charge >= 0.3 is 12.2 Å². The van der Waals surface area contributed by atoms with E-state index in [1.54, 1.807) is 49.3 Å². The maximum Gasteiger partial charge on any atom is 0.435 e. The van der Waals surface area contributed by atoms with Crippen molar-refractivity contribution in [3.8, 4) is 5.69 Å². The molecule has 158 valence electrons. The first-order valence-corrected chi connectivity index (χ1v) is 9.70. The molecule has 9 heteroatoms. The molecule has 1 fully saturated rings. The van der Waals surface area contributed by atoms with Crippen LogP contribution in [0, 0.1) is 0 Å². The number of anilines is 1. The van der Waals surface area contributed by atoms with E-state index in [9.17, 15) is 18.0 Å². The van der Waals surface area contributed by atoms with Gasteiger partial charge in [0, 0.05) is 32.2 Å². The summed E-state index contributed by atoms with van der Waals surface area (Å²) < 4.78 is 42.9. The van der Waals surface area contributed by atoms with Crippen molar-refractivity contribution in [1.29, 1.82) is 0 Å². The Morgan fingerprint density at radius 1 is 1.24 bits per heavy atom. The van der Waals surface area contributed by atoms with Gasteiger partial charge in [-0.05, 0) is 31.4 Å². The Hall–Kier alpha value is -2.71. The monoisotopic (exact) mass is 409 g/mol. The summed E-state index contributed by atoms with van der Waals surface area (Å²) >= 11 is 0. The SMILES string of the molecule is CCCNC(=O)N(Cc1c(C(F)(F)F)nn(-c2ccccc2)c1N(C)C)C1CC1. The highest BCUT2D eigenvalue weighted by Gasteiger charge is 2.42. The molecule has 0 aliphatic heterocycles. The van der Waals surface area contributed by atoms with E-state index in [1.807, 2.05) is 6.92 Å². The first-order chi connectivity index (χ1) is 13.7. The fraction of sp³-hybridized carbons (Fsp3) is 0.500. The molecule has 1 N–H and O–H groups in total. The Balaban J connectivity index is 2.08. The molecule has 1 saturated carbocycles. The minimum absolute atomic E-state index is 0.00454. The second-order valence-corrected chi connectivity index (χ2v) is 7.38. The third kappa shape index (κ3) is 4.65. The molecule has 2 aromatic rings. The second-order valence-electron chi connectivity index (χ2n) is 7.38. The number of amides is 2. The lowest BCUT2D eigenvalue weighted by Crippen LogP contribution is -2.41. The number of aromatic nitrogens is 2. The van der Waals surface area contributed by atoms with Crippen molar-refractivity contribution in [1.82, 2.24) is 20.0 Å². The third-order valence-corrected chi connectivity index (χ3v) is 4.75. The van der Waals surface area contributed by atoms with Crippen LogP contribution in [0.1, 0.15) is 37.4 Å². The summed E-state index contributed by atoms with van der Waals surface area (Å²) in [5, 5.41) is 6.70. The number of para-hydroxylation sites is 1. The van der Waals surface area contributed by atoms with Gasteiger partial charge in [0.05, 0.1) is 12.2 Å². The summed E-state index contributed by atoms with van der Waals surface area (Å²) in [7, 11) is 3.36. The largest absolute Gasteiger partial charge is 0.435 e. The summed E-state index contributed by atoms with van der Waals surface area (Å²) in [6.45, 7) is 2.27. The normalized spacial score (nSPS) is 14.0. The van der Waals surface area contributed by atoms with E-state index in [4.69, 9.17) is 0 Å². The molecule has 1 aliphatic rings. The average Bonchev–Trinajstić information content (AvgIpc) is 3.43. The minimum Gasteiger partial charge on any atom is -0.362 e. The predicted molar refractivity (Wildman–Crippen MR) is 105 cm³/mol. The fourth-order valence-corrected chi connectivity index (χ4v) is 3.28. The molecule has 3 rings (SSSR count). The maximum atomic E-state index is 13.9. The zero-order chi connectivity index (χ0) is 21.2. The first kappa shape index (κ1) is 21.0. The summed E-state index contributed by atoms with van der Waals surface area (Å²) in [6, 6.07) is 8.33. The second kappa shape index (κ2) is 8.34. The molecule has 0 atom stereocenters. The molecule has 0 radical (unpaired) electrons. The average molecular weight is 409 g/mol. The van der Waals surface area contributed by atoms with Gasteiger partial charge in [0.15, 0.2) is 5.69 Å². The highest BCUT2D eigenvalue weighted by atomic mass is 19.4. The van der Waals surface area contributed by atoms with Gasteiger partial charge in [0.1, 0.15) is 5.82 Å². The van der Waals surface area contributed by atoms with Crippen LogP contribution in [0.25, 0.3) is 5.69 Å². The van der Waals surface area contributed by atoms with Crippen LogP contribution in [0.2, 0.25) is 0 Å². The lowest BCUT2D eigenvalue weighted by molar-refractivity contribution is -0.142. The van der Waals surface area contributed by atoms with E-state index in [1.165, 1.54) is 9.58 Å². The Morgan fingerprint density at radius 3 is 2.41 bits per heavy atom. The van der Waals surface area contributed by atoms with Gasteiger partial charge in [-0.15, -0.1) is 0 Å². The van der Waals surface area contributed by atoms with Crippen LogP contribution in [0.3, 0.4) is 0 Å². The Labute approximate surface area is 168 Å². The van der Waals surface area contributed by atoms with E-state index in [0.29, 0.717) is 18.1 Å². The number of benzene rings is 1. The van der Waals surface area contributed by atoms with Crippen LogP contribution in [0.4, 0.5) is 23.8 Å². The quantitative estimate of drug-likeness (QED) is 0.751. The molecule has 6 nitrogen and oxygen atoms in total. The van der Waals surface area contributed by atoms with E-state index >= 15 is 0 Å². The number of hydrogen-bond donors (Lipinski definition) is 1. The van der Waals surface area contributed by atoms with Crippen LogP contribution in [-0.2, 0) is 12.7 Å². The molecule has 29 heavy (non-hydrogen) atoms. The van der Waals surface area contributed by atoms with E-state index < -0.39 is 11.9 Å². The summed E-state index contributed by atoms with van der Waals surface area (Å²) in [5.74, 6) is 0.317. The first-order valence-electron chi connectivity index (χ1n) is 9.70. The van der Waals surface area contributed by atoms with Crippen LogP contribution in [0.5, 0.6) is 0 Å². The van der Waals surface area contributed by atoms with Gasteiger partial charge in [-0.1, -0.05) is 25.1 Å². The van der Waals surface area contributed by atoms with E-state index in [2.05, 4.69) is 10.4 Å². The van der Waals surface area contributed by atoms with Crippen molar-refractivity contribution < 1.29 is 18.0 Å². The van der Waals surface area contributed by atoms with Crippen molar-refractivity contribution in [2.24, 2.45) is 0 Å². The molecular formula is C20H26F3N5O. The molecule has 0 saturated heterocycles. The summed E-state index contributed by atoms with van der Waals surface area (Å²) in [4.78, 5) is 15.7. The van der Waals surface area contributed by atoms with Crippen molar-refractivity contribution in [3.05, 3.63) is 41.6 Å². The smallest absolute Gasteiger partial charge is 0.362 e. The number of carbonyl (C=O) groups is 1. The number of hydrogen-bond acceptors (Lipinski definition) is 3. The maximum absolute atomic E-state index is 13.9. The van der Waals surface area contributed by atoms with Gasteiger partial charge in [-0.25, -0.2) is 9.48 Å². The molecule has 1 aliphatic carbocycles. The molecule has 0 bridgehead atoms. The molecule has 0 spiro atoms.